The van der Waals surface area contributed by atoms with Crippen molar-refractivity contribution < 1.29 is 14.3 Å². The van der Waals surface area contributed by atoms with E-state index in [1.165, 1.54) is 0 Å². The first kappa shape index (κ1) is 16.7. The molecule has 3 rings (SSSR count). The number of carbonyl (C=O) groups excluding carboxylic acids is 2. The van der Waals surface area contributed by atoms with Gasteiger partial charge in [0.05, 0.1) is 13.2 Å². The Morgan fingerprint density at radius 1 is 1.33 bits per heavy atom. The lowest BCUT2D eigenvalue weighted by atomic mass is 10.1. The van der Waals surface area contributed by atoms with Gasteiger partial charge in [-0.25, -0.2) is 0 Å². The molecule has 24 heavy (non-hydrogen) atoms. The Kier molecular flexibility index (Phi) is 5.27. The van der Waals surface area contributed by atoms with Crippen molar-refractivity contribution in [3.63, 3.8) is 0 Å². The summed E-state index contributed by atoms with van der Waals surface area (Å²) >= 11 is 1.64. The molecule has 5 nitrogen and oxygen atoms in total. The Bertz CT molecular complexity index is 715. The summed E-state index contributed by atoms with van der Waals surface area (Å²) in [6.45, 7) is 3.44. The molecular formula is C18H20N2O3S. The third-order valence-electron chi connectivity index (χ3n) is 3.93. The summed E-state index contributed by atoms with van der Waals surface area (Å²) in [6, 6.07) is 11.1. The van der Waals surface area contributed by atoms with Crippen molar-refractivity contribution in [3.05, 3.63) is 52.2 Å². The molecule has 1 aliphatic rings. The van der Waals surface area contributed by atoms with E-state index in [9.17, 15) is 9.59 Å². The van der Waals surface area contributed by atoms with Crippen LogP contribution in [-0.4, -0.2) is 36.4 Å². The number of hydrogen-bond donors (Lipinski definition) is 1. The summed E-state index contributed by atoms with van der Waals surface area (Å²) in [5, 5.41) is 4.80. The van der Waals surface area contributed by atoms with Crippen molar-refractivity contribution in [2.24, 2.45) is 0 Å². The second kappa shape index (κ2) is 7.59. The molecule has 1 aromatic carbocycles. The maximum Gasteiger partial charge on any atom is 0.254 e. The highest BCUT2D eigenvalue weighted by Gasteiger charge is 2.26. The zero-order valence-electron chi connectivity index (χ0n) is 13.5. The van der Waals surface area contributed by atoms with Crippen molar-refractivity contribution in [1.29, 1.82) is 0 Å². The molecule has 0 bridgehead atoms. The number of amides is 2. The minimum atomic E-state index is -0.0660. The number of rotatable bonds is 4. The van der Waals surface area contributed by atoms with Gasteiger partial charge < -0.3 is 15.0 Å². The smallest absolute Gasteiger partial charge is 0.254 e. The predicted molar refractivity (Wildman–Crippen MR) is 94.3 cm³/mol. The fourth-order valence-corrected chi connectivity index (χ4v) is 3.41. The van der Waals surface area contributed by atoms with Gasteiger partial charge in [0.15, 0.2) is 0 Å². The van der Waals surface area contributed by atoms with Gasteiger partial charge >= 0.3 is 0 Å². The molecule has 1 saturated heterocycles. The molecule has 0 radical (unpaired) electrons. The van der Waals surface area contributed by atoms with E-state index in [1.807, 2.05) is 22.4 Å². The van der Waals surface area contributed by atoms with E-state index in [0.29, 0.717) is 37.4 Å². The highest BCUT2D eigenvalue weighted by atomic mass is 32.1. The summed E-state index contributed by atoms with van der Waals surface area (Å²) < 4.78 is 5.79. The summed E-state index contributed by atoms with van der Waals surface area (Å²) in [5.74, 6) is -0.101. The van der Waals surface area contributed by atoms with Gasteiger partial charge in [-0.1, -0.05) is 19.1 Å². The van der Waals surface area contributed by atoms with E-state index in [2.05, 4.69) is 5.32 Å². The number of hydrogen-bond acceptors (Lipinski definition) is 4. The second-order valence-corrected chi connectivity index (χ2v) is 6.59. The average molecular weight is 344 g/mol. The van der Waals surface area contributed by atoms with E-state index >= 15 is 0 Å². The normalized spacial score (nSPS) is 17.5. The van der Waals surface area contributed by atoms with Crippen LogP contribution in [0.4, 0.5) is 5.69 Å². The number of thiophene rings is 1. The lowest BCUT2D eigenvalue weighted by molar-refractivity contribution is -0.115. The molecule has 2 amide bonds. The molecule has 1 atom stereocenters. The van der Waals surface area contributed by atoms with E-state index < -0.39 is 0 Å². The first-order chi connectivity index (χ1) is 11.7. The number of nitrogens with one attached hydrogen (secondary N) is 1. The highest BCUT2D eigenvalue weighted by molar-refractivity contribution is 7.10. The average Bonchev–Trinajstić information content (AvgIpc) is 3.16. The quantitative estimate of drug-likeness (QED) is 0.926. The lowest BCUT2D eigenvalue weighted by Gasteiger charge is -2.32. The molecule has 2 aromatic rings. The van der Waals surface area contributed by atoms with Crippen LogP contribution >= 0.6 is 11.3 Å². The Morgan fingerprint density at radius 2 is 2.21 bits per heavy atom. The van der Waals surface area contributed by atoms with Gasteiger partial charge in [0, 0.05) is 29.1 Å². The van der Waals surface area contributed by atoms with Gasteiger partial charge in [-0.3, -0.25) is 9.59 Å². The van der Waals surface area contributed by atoms with Crippen LogP contribution in [0.2, 0.25) is 0 Å². The molecule has 1 fully saturated rings. The van der Waals surface area contributed by atoms with E-state index in [4.69, 9.17) is 4.74 Å². The third kappa shape index (κ3) is 3.83. The maximum atomic E-state index is 12.8. The minimum Gasteiger partial charge on any atom is -0.369 e. The van der Waals surface area contributed by atoms with Crippen LogP contribution in [0, 0.1) is 0 Å². The van der Waals surface area contributed by atoms with Crippen LogP contribution in [0.25, 0.3) is 0 Å². The molecule has 0 unspecified atom stereocenters. The Labute approximate surface area is 145 Å². The Hall–Kier alpha value is -2.18. The number of nitrogens with zero attached hydrogens (tertiary/aromatic N) is 1. The highest BCUT2D eigenvalue weighted by Crippen LogP contribution is 2.27. The Balaban J connectivity index is 1.71. The largest absolute Gasteiger partial charge is 0.369 e. The standard InChI is InChI=1S/C18H20N2O3S/c1-2-17(21)19-14-6-3-5-13(11-14)18(22)20-8-9-23-15(12-20)16-7-4-10-24-16/h3-7,10-11,15H,2,8-9,12H2,1H3,(H,19,21)/t15-/m1/s1. The molecule has 0 aliphatic carbocycles. The van der Waals surface area contributed by atoms with Crippen LogP contribution < -0.4 is 5.32 Å². The van der Waals surface area contributed by atoms with Gasteiger partial charge in [-0.15, -0.1) is 11.3 Å². The maximum absolute atomic E-state index is 12.8. The van der Waals surface area contributed by atoms with Crippen LogP contribution in [0.15, 0.2) is 41.8 Å². The molecule has 1 aromatic heterocycles. The monoisotopic (exact) mass is 344 g/mol. The van der Waals surface area contributed by atoms with Crippen LogP contribution in [0.1, 0.15) is 34.7 Å². The summed E-state index contributed by atoms with van der Waals surface area (Å²) in [5.41, 5.74) is 1.23. The van der Waals surface area contributed by atoms with Crippen molar-refractivity contribution in [1.82, 2.24) is 4.90 Å². The van der Waals surface area contributed by atoms with E-state index in [-0.39, 0.29) is 17.9 Å². The van der Waals surface area contributed by atoms with Crippen LogP contribution in [0.3, 0.4) is 0 Å². The Morgan fingerprint density at radius 3 is 2.96 bits per heavy atom. The second-order valence-electron chi connectivity index (χ2n) is 5.61. The first-order valence-corrected chi connectivity index (χ1v) is 8.89. The topological polar surface area (TPSA) is 58.6 Å². The molecule has 6 heteroatoms. The van der Waals surface area contributed by atoms with Gasteiger partial charge in [-0.05, 0) is 29.6 Å². The lowest BCUT2D eigenvalue weighted by Crippen LogP contribution is -2.42. The van der Waals surface area contributed by atoms with E-state index in [1.54, 1.807) is 42.5 Å². The molecule has 1 N–H and O–H groups in total. The molecule has 126 valence electrons. The summed E-state index contributed by atoms with van der Waals surface area (Å²) in [4.78, 5) is 27.2. The fraction of sp³-hybridized carbons (Fsp3) is 0.333. The zero-order chi connectivity index (χ0) is 16.9. The summed E-state index contributed by atoms with van der Waals surface area (Å²) in [6.07, 6.45) is 0.343. The van der Waals surface area contributed by atoms with Crippen molar-refractivity contribution in [3.8, 4) is 0 Å². The van der Waals surface area contributed by atoms with Gasteiger partial charge in [0.25, 0.3) is 5.91 Å². The number of morpholine rings is 1. The van der Waals surface area contributed by atoms with Crippen molar-refractivity contribution in [2.75, 3.05) is 25.0 Å². The first-order valence-electron chi connectivity index (χ1n) is 8.01. The molecule has 0 saturated carbocycles. The van der Waals surface area contributed by atoms with E-state index in [0.717, 1.165) is 4.88 Å². The van der Waals surface area contributed by atoms with Crippen molar-refractivity contribution >= 4 is 28.8 Å². The zero-order valence-corrected chi connectivity index (χ0v) is 14.3. The molecule has 1 aliphatic heterocycles. The predicted octanol–water partition coefficient (Wildman–Crippen LogP) is 3.31. The number of ether oxygens (including phenoxy) is 1. The summed E-state index contributed by atoms with van der Waals surface area (Å²) in [7, 11) is 0. The molecular weight excluding hydrogens is 324 g/mol. The number of anilines is 1. The fourth-order valence-electron chi connectivity index (χ4n) is 2.64. The minimum absolute atomic E-state index is 0.0348. The van der Waals surface area contributed by atoms with Crippen LogP contribution in [0.5, 0.6) is 0 Å². The SMILES string of the molecule is CCC(=O)Nc1cccc(C(=O)N2CCO[C@@H](c3cccs3)C2)c1. The van der Waals surface area contributed by atoms with Crippen molar-refractivity contribution in [2.45, 2.75) is 19.4 Å². The van der Waals surface area contributed by atoms with Crippen LogP contribution in [-0.2, 0) is 9.53 Å². The third-order valence-corrected chi connectivity index (χ3v) is 4.89. The van der Waals surface area contributed by atoms with Gasteiger partial charge in [0.2, 0.25) is 5.91 Å². The van der Waals surface area contributed by atoms with Gasteiger partial charge in [0.1, 0.15) is 6.10 Å². The number of benzene rings is 1. The van der Waals surface area contributed by atoms with Gasteiger partial charge in [-0.2, -0.15) is 0 Å². The molecule has 0 spiro atoms. The molecule has 2 heterocycles. The number of carbonyl (C=O) groups is 2.